The summed E-state index contributed by atoms with van der Waals surface area (Å²) in [5.41, 5.74) is 2.01. The molecule has 1 aromatic carbocycles. The number of methoxy groups -OCH3 is 1. The largest absolute Gasteiger partial charge is 0.495 e. The molecule has 0 saturated carbocycles. The van der Waals surface area contributed by atoms with Gasteiger partial charge >= 0.3 is 0 Å². The monoisotopic (exact) mass is 345 g/mol. The Labute approximate surface area is 124 Å². The van der Waals surface area contributed by atoms with Gasteiger partial charge in [-0.15, -0.1) is 11.3 Å². The van der Waals surface area contributed by atoms with Crippen LogP contribution in [0.4, 0.5) is 0 Å². The molecule has 18 heavy (non-hydrogen) atoms. The van der Waals surface area contributed by atoms with Gasteiger partial charge in [0.05, 0.1) is 17.8 Å². The summed E-state index contributed by atoms with van der Waals surface area (Å²) in [4.78, 5) is 5.79. The smallest absolute Gasteiger partial charge is 0.160 e. The molecule has 0 N–H and O–H groups in total. The first-order chi connectivity index (χ1) is 8.52. The van der Waals surface area contributed by atoms with Crippen LogP contribution in [0.25, 0.3) is 11.3 Å². The van der Waals surface area contributed by atoms with Crippen molar-refractivity contribution in [1.82, 2.24) is 4.98 Å². The van der Waals surface area contributed by atoms with Crippen LogP contribution in [0.5, 0.6) is 5.75 Å². The van der Waals surface area contributed by atoms with Gasteiger partial charge in [0.25, 0.3) is 0 Å². The van der Waals surface area contributed by atoms with E-state index in [1.165, 1.54) is 4.88 Å². The van der Waals surface area contributed by atoms with Gasteiger partial charge in [-0.1, -0.05) is 25.4 Å². The molecule has 5 heteroatoms. The summed E-state index contributed by atoms with van der Waals surface area (Å²) in [5.74, 6) is 1.12. The molecule has 2 rings (SSSR count). The Morgan fingerprint density at radius 2 is 2.11 bits per heavy atom. The number of aromatic nitrogens is 1. The normalized spacial score (nSPS) is 11.0. The first-order valence-corrected chi connectivity index (χ1v) is 7.51. The fourth-order valence-electron chi connectivity index (χ4n) is 1.72. The molecule has 0 amide bonds. The molecule has 0 radical (unpaired) electrons. The van der Waals surface area contributed by atoms with Gasteiger partial charge in [-0.2, -0.15) is 0 Å². The first-order valence-electron chi connectivity index (χ1n) is 5.53. The highest BCUT2D eigenvalue weighted by Crippen LogP contribution is 2.38. The van der Waals surface area contributed by atoms with Crippen molar-refractivity contribution in [2.45, 2.75) is 19.8 Å². The molecule has 0 spiro atoms. The van der Waals surface area contributed by atoms with Gasteiger partial charge in [-0.3, -0.25) is 0 Å². The molecule has 0 aliphatic carbocycles. The molecular formula is C13H13BrClNOS. The second-order valence-corrected chi connectivity index (χ2v) is 6.90. The molecule has 1 aromatic heterocycles. The summed E-state index contributed by atoms with van der Waals surface area (Å²) in [6, 6.07) is 5.75. The molecule has 1 heterocycles. The third-order valence-corrected chi connectivity index (χ3v) is 4.68. The predicted molar refractivity (Wildman–Crippen MR) is 80.9 cm³/mol. The third-order valence-electron chi connectivity index (χ3n) is 2.58. The van der Waals surface area contributed by atoms with Crippen molar-refractivity contribution in [3.8, 4) is 17.0 Å². The summed E-state index contributed by atoms with van der Waals surface area (Å²) in [6.45, 7) is 4.32. The molecule has 96 valence electrons. The number of benzene rings is 1. The van der Waals surface area contributed by atoms with E-state index < -0.39 is 0 Å². The maximum Gasteiger partial charge on any atom is 0.160 e. The Kier molecular flexibility index (Phi) is 4.30. The van der Waals surface area contributed by atoms with E-state index in [0.29, 0.717) is 16.7 Å². The zero-order valence-electron chi connectivity index (χ0n) is 10.3. The lowest BCUT2D eigenvalue weighted by Gasteiger charge is -2.07. The number of ether oxygens (including phenoxy) is 1. The van der Waals surface area contributed by atoms with E-state index >= 15 is 0 Å². The Morgan fingerprint density at radius 3 is 2.67 bits per heavy atom. The Bertz CT molecular complexity index is 568. The van der Waals surface area contributed by atoms with Gasteiger partial charge in [0.1, 0.15) is 5.75 Å². The molecule has 0 aliphatic heterocycles. The highest BCUT2D eigenvalue weighted by molar-refractivity contribution is 9.11. The van der Waals surface area contributed by atoms with Crippen LogP contribution in [0.2, 0.25) is 5.02 Å². The van der Waals surface area contributed by atoms with Crippen LogP contribution in [-0.2, 0) is 0 Å². The lowest BCUT2D eigenvalue weighted by Crippen LogP contribution is -1.89. The van der Waals surface area contributed by atoms with Crippen LogP contribution in [-0.4, -0.2) is 12.1 Å². The SMILES string of the molecule is COc1ccc(-c2nc(Br)sc2C(C)C)cc1Cl. The molecule has 0 bridgehead atoms. The van der Waals surface area contributed by atoms with Gasteiger partial charge in [-0.05, 0) is 40.0 Å². The zero-order chi connectivity index (χ0) is 13.3. The summed E-state index contributed by atoms with van der Waals surface area (Å²) < 4.78 is 6.06. The van der Waals surface area contributed by atoms with E-state index in [1.807, 2.05) is 18.2 Å². The van der Waals surface area contributed by atoms with Gasteiger partial charge in [0.15, 0.2) is 3.92 Å². The molecule has 0 saturated heterocycles. The lowest BCUT2D eigenvalue weighted by atomic mass is 10.1. The highest BCUT2D eigenvalue weighted by atomic mass is 79.9. The van der Waals surface area contributed by atoms with Crippen LogP contribution >= 0.6 is 38.9 Å². The fourth-order valence-corrected chi connectivity index (χ4v) is 3.49. The lowest BCUT2D eigenvalue weighted by molar-refractivity contribution is 0.415. The van der Waals surface area contributed by atoms with Crippen molar-refractivity contribution in [2.75, 3.05) is 7.11 Å². The van der Waals surface area contributed by atoms with Gasteiger partial charge in [-0.25, -0.2) is 4.98 Å². The Hall–Kier alpha value is -0.580. The van der Waals surface area contributed by atoms with Crippen molar-refractivity contribution in [1.29, 1.82) is 0 Å². The van der Waals surface area contributed by atoms with E-state index in [1.54, 1.807) is 18.4 Å². The quantitative estimate of drug-likeness (QED) is 0.746. The second-order valence-electron chi connectivity index (χ2n) is 4.18. The number of thiazole rings is 1. The van der Waals surface area contributed by atoms with Gasteiger partial charge in [0, 0.05) is 10.4 Å². The molecule has 0 aliphatic rings. The van der Waals surface area contributed by atoms with E-state index in [4.69, 9.17) is 16.3 Å². The molecule has 0 unspecified atom stereocenters. The number of nitrogens with zero attached hydrogens (tertiary/aromatic N) is 1. The number of rotatable bonds is 3. The molecule has 0 fully saturated rings. The van der Waals surface area contributed by atoms with Crippen LogP contribution < -0.4 is 4.74 Å². The van der Waals surface area contributed by atoms with Crippen LogP contribution in [0, 0.1) is 0 Å². The number of hydrogen-bond donors (Lipinski definition) is 0. The van der Waals surface area contributed by atoms with Crippen molar-refractivity contribution in [3.05, 3.63) is 32.0 Å². The fraction of sp³-hybridized carbons (Fsp3) is 0.308. The van der Waals surface area contributed by atoms with Gasteiger partial charge < -0.3 is 4.74 Å². The number of halogens is 2. The van der Waals surface area contributed by atoms with Crippen molar-refractivity contribution in [2.24, 2.45) is 0 Å². The van der Waals surface area contributed by atoms with Crippen LogP contribution in [0.15, 0.2) is 22.1 Å². The summed E-state index contributed by atoms with van der Waals surface area (Å²) in [6.07, 6.45) is 0. The zero-order valence-corrected chi connectivity index (χ0v) is 13.5. The van der Waals surface area contributed by atoms with Gasteiger partial charge in [0.2, 0.25) is 0 Å². The van der Waals surface area contributed by atoms with E-state index in [2.05, 4.69) is 34.8 Å². The Morgan fingerprint density at radius 1 is 1.39 bits per heavy atom. The van der Waals surface area contributed by atoms with Crippen molar-refractivity contribution in [3.63, 3.8) is 0 Å². The summed E-state index contributed by atoms with van der Waals surface area (Å²) in [5, 5.41) is 0.605. The molecular weight excluding hydrogens is 334 g/mol. The average molecular weight is 347 g/mol. The standard InChI is InChI=1S/C13H13BrClNOS/c1-7(2)12-11(16-13(14)18-12)8-4-5-10(17-3)9(15)6-8/h4-7H,1-3H3. The topological polar surface area (TPSA) is 22.1 Å². The Balaban J connectivity index is 2.51. The molecule has 2 nitrogen and oxygen atoms in total. The van der Waals surface area contributed by atoms with Crippen molar-refractivity contribution < 1.29 is 4.74 Å². The van der Waals surface area contributed by atoms with Crippen molar-refractivity contribution >= 4 is 38.9 Å². The number of hydrogen-bond acceptors (Lipinski definition) is 3. The third kappa shape index (κ3) is 2.71. The summed E-state index contributed by atoms with van der Waals surface area (Å²) in [7, 11) is 1.61. The minimum atomic E-state index is 0.435. The molecule has 2 aromatic rings. The highest BCUT2D eigenvalue weighted by Gasteiger charge is 2.15. The van der Waals surface area contributed by atoms with Crippen LogP contribution in [0.1, 0.15) is 24.6 Å². The van der Waals surface area contributed by atoms with E-state index in [9.17, 15) is 0 Å². The maximum absolute atomic E-state index is 6.16. The predicted octanol–water partition coefficient (Wildman–Crippen LogP) is 5.36. The summed E-state index contributed by atoms with van der Waals surface area (Å²) >= 11 is 11.3. The van der Waals surface area contributed by atoms with E-state index in [-0.39, 0.29) is 0 Å². The molecule has 0 atom stereocenters. The minimum Gasteiger partial charge on any atom is -0.495 e. The van der Waals surface area contributed by atoms with Crippen LogP contribution in [0.3, 0.4) is 0 Å². The maximum atomic E-state index is 6.16. The minimum absolute atomic E-state index is 0.435. The second kappa shape index (κ2) is 5.59. The van der Waals surface area contributed by atoms with E-state index in [0.717, 1.165) is 15.2 Å². The first kappa shape index (κ1) is 13.8. The average Bonchev–Trinajstić information content (AvgIpc) is 2.71.